The maximum absolute atomic E-state index is 13.1. The Balaban J connectivity index is 1.50. The number of aromatic nitrogens is 3. The van der Waals surface area contributed by atoms with Gasteiger partial charge in [0, 0.05) is 29.3 Å². The Kier molecular flexibility index (Phi) is 5.96. The molecule has 0 saturated carbocycles. The zero-order valence-corrected chi connectivity index (χ0v) is 18.5. The standard InChI is InChI=1S/C22H24N4OS2/c1-15-8-4-5-9-17(15)21-23-24-22(25(21)3)28-14-20(27)26-13-12-16(2)29-19-11-7-6-10-18(19)26/h4-11,16H,12-14H2,1-3H3. The first-order chi connectivity index (χ1) is 14.0. The van der Waals surface area contributed by atoms with Gasteiger partial charge in [-0.15, -0.1) is 22.0 Å². The first-order valence-electron chi connectivity index (χ1n) is 9.69. The number of fused-ring (bicyclic) bond motifs is 1. The first kappa shape index (κ1) is 20.0. The lowest BCUT2D eigenvalue weighted by Crippen LogP contribution is -2.33. The molecular formula is C22H24N4OS2. The Morgan fingerprint density at radius 1 is 1.17 bits per heavy atom. The SMILES string of the molecule is Cc1ccccc1-c1nnc(SCC(=O)N2CCC(C)Sc3ccccc32)n1C. The van der Waals surface area contributed by atoms with Gasteiger partial charge in [-0.3, -0.25) is 4.79 Å². The molecule has 0 aliphatic carbocycles. The second-order valence-electron chi connectivity index (χ2n) is 7.20. The monoisotopic (exact) mass is 424 g/mol. The molecule has 0 saturated heterocycles. The highest BCUT2D eigenvalue weighted by Crippen LogP contribution is 2.37. The highest BCUT2D eigenvalue weighted by Gasteiger charge is 2.24. The summed E-state index contributed by atoms with van der Waals surface area (Å²) in [4.78, 5) is 16.2. The molecule has 5 nitrogen and oxygen atoms in total. The van der Waals surface area contributed by atoms with Gasteiger partial charge < -0.3 is 9.47 Å². The van der Waals surface area contributed by atoms with Gasteiger partial charge in [0.25, 0.3) is 0 Å². The van der Waals surface area contributed by atoms with Crippen LogP contribution in [0.4, 0.5) is 5.69 Å². The van der Waals surface area contributed by atoms with Crippen LogP contribution in [-0.4, -0.2) is 38.2 Å². The number of nitrogens with zero attached hydrogens (tertiary/aromatic N) is 4. The van der Waals surface area contributed by atoms with Crippen molar-refractivity contribution in [2.24, 2.45) is 7.05 Å². The van der Waals surface area contributed by atoms with Crippen LogP contribution in [0.3, 0.4) is 0 Å². The molecule has 3 aromatic rings. The average Bonchev–Trinajstić information content (AvgIpc) is 2.98. The first-order valence-corrected chi connectivity index (χ1v) is 11.6. The zero-order valence-electron chi connectivity index (χ0n) is 16.8. The van der Waals surface area contributed by atoms with Gasteiger partial charge in [0.1, 0.15) is 0 Å². The summed E-state index contributed by atoms with van der Waals surface area (Å²) in [7, 11) is 1.95. The van der Waals surface area contributed by atoms with Crippen molar-refractivity contribution in [1.29, 1.82) is 0 Å². The number of carbonyl (C=O) groups excluding carboxylic acids is 1. The lowest BCUT2D eigenvalue weighted by atomic mass is 10.1. The Morgan fingerprint density at radius 3 is 2.76 bits per heavy atom. The molecule has 29 heavy (non-hydrogen) atoms. The van der Waals surface area contributed by atoms with E-state index < -0.39 is 0 Å². The zero-order chi connectivity index (χ0) is 20.4. The number of hydrogen-bond donors (Lipinski definition) is 0. The van der Waals surface area contributed by atoms with Crippen molar-refractivity contribution in [3.63, 3.8) is 0 Å². The molecular weight excluding hydrogens is 400 g/mol. The van der Waals surface area contributed by atoms with Crippen molar-refractivity contribution >= 4 is 35.1 Å². The van der Waals surface area contributed by atoms with Gasteiger partial charge in [-0.1, -0.05) is 55.1 Å². The molecule has 0 bridgehead atoms. The van der Waals surface area contributed by atoms with Gasteiger partial charge in [0.05, 0.1) is 11.4 Å². The van der Waals surface area contributed by atoms with Gasteiger partial charge in [-0.25, -0.2) is 0 Å². The molecule has 1 aromatic heterocycles. The van der Waals surface area contributed by atoms with Crippen molar-refractivity contribution in [1.82, 2.24) is 14.8 Å². The fraction of sp³-hybridized carbons (Fsp3) is 0.318. The summed E-state index contributed by atoms with van der Waals surface area (Å²) in [5.74, 6) is 1.27. The maximum atomic E-state index is 13.1. The third kappa shape index (κ3) is 4.21. The van der Waals surface area contributed by atoms with Gasteiger partial charge in [-0.05, 0) is 31.0 Å². The second-order valence-corrected chi connectivity index (χ2v) is 9.62. The smallest absolute Gasteiger partial charge is 0.237 e. The molecule has 0 radical (unpaired) electrons. The molecule has 4 rings (SSSR count). The van der Waals surface area contributed by atoms with Crippen molar-refractivity contribution in [3.05, 3.63) is 54.1 Å². The van der Waals surface area contributed by atoms with Crippen molar-refractivity contribution < 1.29 is 4.79 Å². The van der Waals surface area contributed by atoms with E-state index >= 15 is 0 Å². The molecule has 150 valence electrons. The molecule has 7 heteroatoms. The van der Waals surface area contributed by atoms with Crippen LogP contribution in [0, 0.1) is 6.92 Å². The van der Waals surface area contributed by atoms with E-state index in [2.05, 4.69) is 36.2 Å². The molecule has 2 aromatic carbocycles. The Morgan fingerprint density at radius 2 is 1.93 bits per heavy atom. The maximum Gasteiger partial charge on any atom is 0.237 e. The molecule has 1 aliphatic rings. The second kappa shape index (κ2) is 8.63. The van der Waals surface area contributed by atoms with E-state index in [0.717, 1.165) is 40.8 Å². The number of anilines is 1. The van der Waals surface area contributed by atoms with E-state index in [4.69, 9.17) is 0 Å². The summed E-state index contributed by atoms with van der Waals surface area (Å²) in [6.45, 7) is 5.03. The van der Waals surface area contributed by atoms with Crippen LogP contribution >= 0.6 is 23.5 Å². The predicted octanol–water partition coefficient (Wildman–Crippen LogP) is 4.80. The third-order valence-electron chi connectivity index (χ3n) is 5.09. The molecule has 2 heterocycles. The van der Waals surface area contributed by atoms with Crippen LogP contribution in [0.5, 0.6) is 0 Å². The fourth-order valence-corrected chi connectivity index (χ4v) is 5.35. The van der Waals surface area contributed by atoms with Crippen molar-refractivity contribution in [2.75, 3.05) is 17.2 Å². The molecule has 1 aliphatic heterocycles. The van der Waals surface area contributed by atoms with Crippen LogP contribution in [-0.2, 0) is 11.8 Å². The number of hydrogen-bond acceptors (Lipinski definition) is 5. The van der Waals surface area contributed by atoms with Crippen LogP contribution in [0.1, 0.15) is 18.9 Å². The Labute approximate surface area is 179 Å². The third-order valence-corrected chi connectivity index (χ3v) is 7.33. The van der Waals surface area contributed by atoms with Crippen LogP contribution in [0.15, 0.2) is 58.6 Å². The number of aryl methyl sites for hydroxylation is 1. The summed E-state index contributed by atoms with van der Waals surface area (Å²) in [5, 5.41) is 9.94. The summed E-state index contributed by atoms with van der Waals surface area (Å²) in [6, 6.07) is 16.3. The molecule has 1 unspecified atom stereocenters. The van der Waals surface area contributed by atoms with Crippen molar-refractivity contribution in [3.8, 4) is 11.4 Å². The highest BCUT2D eigenvalue weighted by molar-refractivity contribution is 8.00. The lowest BCUT2D eigenvalue weighted by molar-refractivity contribution is -0.116. The molecule has 1 amide bonds. The van der Waals surface area contributed by atoms with E-state index in [1.165, 1.54) is 16.7 Å². The van der Waals surface area contributed by atoms with E-state index in [1.807, 2.05) is 64.7 Å². The Hall–Kier alpha value is -2.25. The molecule has 0 N–H and O–H groups in total. The number of thioether (sulfide) groups is 2. The van der Waals surface area contributed by atoms with Gasteiger partial charge in [0.2, 0.25) is 5.91 Å². The Bertz CT molecular complexity index is 1030. The van der Waals surface area contributed by atoms with Gasteiger partial charge in [-0.2, -0.15) is 0 Å². The van der Waals surface area contributed by atoms with E-state index in [9.17, 15) is 4.79 Å². The number of rotatable bonds is 4. The minimum Gasteiger partial charge on any atom is -0.311 e. The fourth-order valence-electron chi connectivity index (χ4n) is 3.45. The van der Waals surface area contributed by atoms with Gasteiger partial charge >= 0.3 is 0 Å². The number of benzene rings is 2. The molecule has 1 atom stereocenters. The topological polar surface area (TPSA) is 51.0 Å². The lowest BCUT2D eigenvalue weighted by Gasteiger charge is -2.22. The minimum absolute atomic E-state index is 0.109. The van der Waals surface area contributed by atoms with Crippen molar-refractivity contribution in [2.45, 2.75) is 35.6 Å². The number of carbonyl (C=O) groups is 1. The molecule has 0 spiro atoms. The van der Waals surface area contributed by atoms with E-state index in [1.54, 1.807) is 0 Å². The van der Waals surface area contributed by atoms with E-state index in [-0.39, 0.29) is 5.91 Å². The van der Waals surface area contributed by atoms with Gasteiger partial charge in [0.15, 0.2) is 11.0 Å². The summed E-state index contributed by atoms with van der Waals surface area (Å²) in [6.07, 6.45) is 0.983. The number of para-hydroxylation sites is 1. The van der Waals surface area contributed by atoms with Crippen LogP contribution < -0.4 is 4.90 Å². The summed E-state index contributed by atoms with van der Waals surface area (Å²) < 4.78 is 1.97. The largest absolute Gasteiger partial charge is 0.311 e. The highest BCUT2D eigenvalue weighted by atomic mass is 32.2. The van der Waals surface area contributed by atoms with Crippen LogP contribution in [0.2, 0.25) is 0 Å². The number of amides is 1. The summed E-state index contributed by atoms with van der Waals surface area (Å²) in [5.41, 5.74) is 3.24. The average molecular weight is 425 g/mol. The van der Waals surface area contributed by atoms with Crippen LogP contribution in [0.25, 0.3) is 11.4 Å². The normalized spacial score (nSPS) is 16.4. The summed E-state index contributed by atoms with van der Waals surface area (Å²) >= 11 is 3.29. The predicted molar refractivity (Wildman–Crippen MR) is 121 cm³/mol. The molecule has 0 fully saturated rings. The minimum atomic E-state index is 0.109. The quantitative estimate of drug-likeness (QED) is 0.563. The van der Waals surface area contributed by atoms with E-state index in [0.29, 0.717) is 11.0 Å².